The van der Waals surface area contributed by atoms with Gasteiger partial charge in [0.25, 0.3) is 0 Å². The number of rotatable bonds is 4. The van der Waals surface area contributed by atoms with E-state index in [2.05, 4.69) is 4.98 Å². The summed E-state index contributed by atoms with van der Waals surface area (Å²) < 4.78 is 52.7. The van der Waals surface area contributed by atoms with E-state index in [-0.39, 0.29) is 12.3 Å². The highest BCUT2D eigenvalue weighted by Gasteiger charge is 2.55. The number of anilines is 1. The van der Waals surface area contributed by atoms with Crippen molar-refractivity contribution in [1.82, 2.24) is 4.98 Å². The molecule has 1 aromatic carbocycles. The third kappa shape index (κ3) is 3.87. The van der Waals surface area contributed by atoms with E-state index in [1.807, 2.05) is 0 Å². The first-order chi connectivity index (χ1) is 13.3. The zero-order valence-corrected chi connectivity index (χ0v) is 15.0. The van der Waals surface area contributed by atoms with Crippen molar-refractivity contribution in [2.75, 3.05) is 18.1 Å². The zero-order valence-electron chi connectivity index (χ0n) is 15.0. The minimum atomic E-state index is -5.14. The average molecular weight is 396 g/mol. The summed E-state index contributed by atoms with van der Waals surface area (Å²) in [6.07, 6.45) is -0.0287. The normalized spacial score (nSPS) is 16.8. The number of aryl methyl sites for hydroxylation is 1. The molecule has 3 rings (SSSR count). The number of aliphatic hydroxyl groups is 1. The number of halogens is 4. The van der Waals surface area contributed by atoms with Gasteiger partial charge in [0.1, 0.15) is 6.67 Å². The molecule has 0 saturated heterocycles. The Hall–Kier alpha value is -2.48. The molecule has 2 heterocycles. The van der Waals surface area contributed by atoms with Gasteiger partial charge in [-0.15, -0.1) is 0 Å². The third-order valence-electron chi connectivity index (χ3n) is 4.97. The van der Waals surface area contributed by atoms with Gasteiger partial charge in [-0.2, -0.15) is 13.2 Å². The van der Waals surface area contributed by atoms with Crippen LogP contribution in [0.4, 0.5) is 23.2 Å². The zero-order chi connectivity index (χ0) is 20.4. The van der Waals surface area contributed by atoms with Crippen molar-refractivity contribution in [1.29, 1.82) is 0 Å². The van der Waals surface area contributed by atoms with Gasteiger partial charge in [-0.05, 0) is 48.1 Å². The van der Waals surface area contributed by atoms with E-state index in [1.165, 1.54) is 6.07 Å². The second kappa shape index (κ2) is 7.87. The summed E-state index contributed by atoms with van der Waals surface area (Å²) in [5.41, 5.74) is -2.38. The van der Waals surface area contributed by atoms with E-state index in [1.54, 1.807) is 29.4 Å². The Kier molecular flexibility index (Phi) is 5.69. The van der Waals surface area contributed by atoms with Gasteiger partial charge in [0, 0.05) is 24.6 Å². The van der Waals surface area contributed by atoms with Crippen LogP contribution in [0.1, 0.15) is 29.5 Å². The SMILES string of the molecule is O=C(Cc1cccnc1)N1CCCCc2cc(C(O)(CF)C(F)(F)F)ccc21. The lowest BCUT2D eigenvalue weighted by atomic mass is 9.91. The lowest BCUT2D eigenvalue weighted by Gasteiger charge is -2.30. The molecule has 0 spiro atoms. The summed E-state index contributed by atoms with van der Waals surface area (Å²) in [4.78, 5) is 18.3. The maximum Gasteiger partial charge on any atom is 0.424 e. The van der Waals surface area contributed by atoms with Gasteiger partial charge >= 0.3 is 6.18 Å². The first-order valence-electron chi connectivity index (χ1n) is 8.94. The van der Waals surface area contributed by atoms with Crippen molar-refractivity contribution >= 4 is 11.6 Å². The van der Waals surface area contributed by atoms with Gasteiger partial charge in [0.05, 0.1) is 6.42 Å². The van der Waals surface area contributed by atoms with Crippen LogP contribution in [-0.4, -0.2) is 35.4 Å². The van der Waals surface area contributed by atoms with Crippen LogP contribution in [0.2, 0.25) is 0 Å². The fraction of sp³-hybridized carbons (Fsp3) is 0.400. The molecule has 0 fully saturated rings. The second-order valence-electron chi connectivity index (χ2n) is 6.88. The molecule has 8 heteroatoms. The number of hydrogen-bond acceptors (Lipinski definition) is 3. The van der Waals surface area contributed by atoms with Crippen molar-refractivity contribution in [3.63, 3.8) is 0 Å². The Morgan fingerprint density at radius 1 is 1.21 bits per heavy atom. The van der Waals surface area contributed by atoms with Crippen molar-refractivity contribution in [2.24, 2.45) is 0 Å². The van der Waals surface area contributed by atoms with Crippen LogP contribution in [-0.2, 0) is 23.2 Å². The van der Waals surface area contributed by atoms with E-state index in [0.29, 0.717) is 37.1 Å². The predicted molar refractivity (Wildman–Crippen MR) is 95.6 cm³/mol. The van der Waals surface area contributed by atoms with Crippen molar-refractivity contribution in [2.45, 2.75) is 37.5 Å². The molecular formula is C20H20F4N2O2. The van der Waals surface area contributed by atoms with E-state index in [4.69, 9.17) is 0 Å². The first kappa shape index (κ1) is 20.3. The topological polar surface area (TPSA) is 53.4 Å². The monoisotopic (exact) mass is 396 g/mol. The van der Waals surface area contributed by atoms with E-state index < -0.39 is 24.0 Å². The van der Waals surface area contributed by atoms with E-state index in [9.17, 15) is 27.5 Å². The van der Waals surface area contributed by atoms with Gasteiger partial charge in [0.2, 0.25) is 11.5 Å². The highest BCUT2D eigenvalue weighted by atomic mass is 19.4. The molecule has 150 valence electrons. The average Bonchev–Trinajstić information content (AvgIpc) is 2.89. The fourth-order valence-corrected chi connectivity index (χ4v) is 3.36. The number of alkyl halides is 4. The first-order valence-corrected chi connectivity index (χ1v) is 8.94. The number of aromatic nitrogens is 1. The lowest BCUT2D eigenvalue weighted by molar-refractivity contribution is -0.271. The lowest BCUT2D eigenvalue weighted by Crippen LogP contribution is -2.44. The third-order valence-corrected chi connectivity index (χ3v) is 4.97. The Labute approximate surface area is 159 Å². The van der Waals surface area contributed by atoms with Crippen molar-refractivity contribution < 1.29 is 27.5 Å². The molecule has 1 aromatic heterocycles. The van der Waals surface area contributed by atoms with Gasteiger partial charge in [0.15, 0.2) is 0 Å². The number of fused-ring (bicyclic) bond motifs is 1. The standard InChI is InChI=1S/C20H20F4N2O2/c21-13-19(28,20(22,23)24)16-6-7-17-15(11-16)5-1-2-9-26(17)18(27)10-14-4-3-8-25-12-14/h3-4,6-8,11-12,28H,1-2,5,9-10,13H2. The van der Waals surface area contributed by atoms with Gasteiger partial charge in [-0.25, -0.2) is 4.39 Å². The summed E-state index contributed by atoms with van der Waals surface area (Å²) in [6, 6.07) is 7.07. The molecule has 4 nitrogen and oxygen atoms in total. The second-order valence-corrected chi connectivity index (χ2v) is 6.88. The van der Waals surface area contributed by atoms with Crippen molar-refractivity contribution in [3.8, 4) is 0 Å². The van der Waals surface area contributed by atoms with Gasteiger partial charge < -0.3 is 10.0 Å². The summed E-state index contributed by atoms with van der Waals surface area (Å²) in [6.45, 7) is -1.53. The molecule has 2 aromatic rings. The molecule has 1 aliphatic heterocycles. The molecule has 0 radical (unpaired) electrons. The minimum Gasteiger partial charge on any atom is -0.374 e. The van der Waals surface area contributed by atoms with Crippen LogP contribution < -0.4 is 4.90 Å². The number of carbonyl (C=O) groups excluding carboxylic acids is 1. The smallest absolute Gasteiger partial charge is 0.374 e. The molecule has 1 N–H and O–H groups in total. The highest BCUT2D eigenvalue weighted by molar-refractivity contribution is 5.95. The molecule has 0 saturated carbocycles. The van der Waals surface area contributed by atoms with Crippen LogP contribution in [0, 0.1) is 0 Å². The number of hydrogen-bond donors (Lipinski definition) is 1. The number of pyridine rings is 1. The van der Waals surface area contributed by atoms with Gasteiger partial charge in [-0.1, -0.05) is 18.2 Å². The molecule has 0 aliphatic carbocycles. The quantitative estimate of drug-likeness (QED) is 0.802. The maximum atomic E-state index is 13.2. The minimum absolute atomic E-state index is 0.117. The highest BCUT2D eigenvalue weighted by Crippen LogP contribution is 2.41. The van der Waals surface area contributed by atoms with Crippen LogP contribution in [0.25, 0.3) is 0 Å². The predicted octanol–water partition coefficient (Wildman–Crippen LogP) is 3.71. The summed E-state index contributed by atoms with van der Waals surface area (Å²) in [5, 5.41) is 9.88. The Bertz CT molecular complexity index is 842. The Balaban J connectivity index is 1.94. The van der Waals surface area contributed by atoms with Crippen LogP contribution >= 0.6 is 0 Å². The van der Waals surface area contributed by atoms with Crippen molar-refractivity contribution in [3.05, 3.63) is 59.4 Å². The number of nitrogens with zero attached hydrogens (tertiary/aromatic N) is 2. The van der Waals surface area contributed by atoms with Crippen LogP contribution in [0.3, 0.4) is 0 Å². The summed E-state index contributed by atoms with van der Waals surface area (Å²) in [7, 11) is 0. The molecule has 0 bridgehead atoms. The molecule has 1 aliphatic rings. The molecule has 1 unspecified atom stereocenters. The van der Waals surface area contributed by atoms with Crippen LogP contribution in [0.15, 0.2) is 42.7 Å². The fourth-order valence-electron chi connectivity index (χ4n) is 3.36. The number of carbonyl (C=O) groups is 1. The maximum absolute atomic E-state index is 13.2. The Morgan fingerprint density at radius 2 is 2.00 bits per heavy atom. The molecule has 28 heavy (non-hydrogen) atoms. The molecule has 1 amide bonds. The van der Waals surface area contributed by atoms with E-state index >= 15 is 0 Å². The molecular weight excluding hydrogens is 376 g/mol. The van der Waals surface area contributed by atoms with Crippen LogP contribution in [0.5, 0.6) is 0 Å². The summed E-state index contributed by atoms with van der Waals surface area (Å²) in [5.74, 6) is -0.194. The van der Waals surface area contributed by atoms with Gasteiger partial charge in [-0.3, -0.25) is 9.78 Å². The van der Waals surface area contributed by atoms with E-state index in [0.717, 1.165) is 17.7 Å². The number of benzene rings is 1. The number of amides is 1. The largest absolute Gasteiger partial charge is 0.424 e. The Morgan fingerprint density at radius 3 is 2.64 bits per heavy atom. The summed E-state index contributed by atoms with van der Waals surface area (Å²) >= 11 is 0. The molecule has 1 atom stereocenters.